The molecule has 8 heteroatoms. The first-order chi connectivity index (χ1) is 16.1. The molecular weight excluding hydrogens is 432 g/mol. The van der Waals surface area contributed by atoms with Crippen molar-refractivity contribution < 1.29 is 18.5 Å². The molecule has 0 spiro atoms. The fourth-order valence-corrected chi connectivity index (χ4v) is 3.41. The molecule has 0 aliphatic heterocycles. The fraction of sp³-hybridized carbons (Fsp3) is 0.231. The van der Waals surface area contributed by atoms with Crippen molar-refractivity contribution in [1.29, 1.82) is 0 Å². The zero-order valence-corrected chi connectivity index (χ0v) is 19.7. The van der Waals surface area contributed by atoms with Gasteiger partial charge in [-0.05, 0) is 54.3 Å². The van der Waals surface area contributed by atoms with E-state index in [1.165, 1.54) is 12.5 Å². The summed E-state index contributed by atoms with van der Waals surface area (Å²) < 4.78 is 11.1. The molecule has 0 radical (unpaired) electrons. The maximum atomic E-state index is 13.1. The largest absolute Gasteiger partial charge is 0.435 e. The van der Waals surface area contributed by atoms with E-state index in [2.05, 4.69) is 41.5 Å². The van der Waals surface area contributed by atoms with Crippen molar-refractivity contribution in [3.05, 3.63) is 71.6 Å². The second-order valence-electron chi connectivity index (χ2n) is 9.06. The Morgan fingerprint density at radius 3 is 2.12 bits per heavy atom. The summed E-state index contributed by atoms with van der Waals surface area (Å²) in [5.74, 6) is 0.842. The summed E-state index contributed by atoms with van der Waals surface area (Å²) in [5, 5.41) is 9.23. The minimum absolute atomic E-state index is 0.0106. The average Bonchev–Trinajstić information content (AvgIpc) is 3.40. The predicted molar refractivity (Wildman–Crippen MR) is 130 cm³/mol. The number of oxazole rings is 1. The van der Waals surface area contributed by atoms with Crippen LogP contribution in [0.3, 0.4) is 0 Å². The Morgan fingerprint density at radius 2 is 1.56 bits per heavy atom. The lowest BCUT2D eigenvalue weighted by Gasteiger charge is -2.18. The van der Waals surface area contributed by atoms with Crippen molar-refractivity contribution in [2.45, 2.75) is 40.0 Å². The minimum Gasteiger partial charge on any atom is -0.435 e. The van der Waals surface area contributed by atoms with Gasteiger partial charge >= 0.3 is 0 Å². The fourth-order valence-electron chi connectivity index (χ4n) is 3.41. The Kier molecular flexibility index (Phi) is 6.06. The third-order valence-electron chi connectivity index (χ3n) is 5.18. The van der Waals surface area contributed by atoms with Gasteiger partial charge in [0, 0.05) is 29.8 Å². The maximum absolute atomic E-state index is 13.1. The molecule has 2 aromatic carbocycles. The predicted octanol–water partition coefficient (Wildman–Crippen LogP) is 5.81. The van der Waals surface area contributed by atoms with Crippen LogP contribution >= 0.6 is 0 Å². The normalized spacial score (nSPS) is 11.3. The molecular formula is C26H26N4O4. The van der Waals surface area contributed by atoms with E-state index in [1.807, 2.05) is 24.3 Å². The lowest BCUT2D eigenvalue weighted by molar-refractivity contribution is -0.114. The topological polar surface area (TPSA) is 110 Å². The van der Waals surface area contributed by atoms with E-state index >= 15 is 0 Å². The van der Waals surface area contributed by atoms with Crippen LogP contribution in [0, 0.1) is 6.92 Å². The van der Waals surface area contributed by atoms with E-state index < -0.39 is 5.91 Å². The van der Waals surface area contributed by atoms with Crippen molar-refractivity contribution in [1.82, 2.24) is 10.1 Å². The van der Waals surface area contributed by atoms with Gasteiger partial charge in [0.2, 0.25) is 11.8 Å². The molecule has 4 aromatic rings. The summed E-state index contributed by atoms with van der Waals surface area (Å²) in [6.07, 6.45) is 0. The van der Waals surface area contributed by atoms with Crippen molar-refractivity contribution in [2.24, 2.45) is 0 Å². The highest BCUT2D eigenvalue weighted by atomic mass is 16.5. The molecule has 8 nitrogen and oxygen atoms in total. The van der Waals surface area contributed by atoms with Crippen LogP contribution in [0.15, 0.2) is 63.5 Å². The van der Waals surface area contributed by atoms with Gasteiger partial charge in [-0.15, -0.1) is 0 Å². The summed E-state index contributed by atoms with van der Waals surface area (Å²) in [4.78, 5) is 28.9. The summed E-state index contributed by atoms with van der Waals surface area (Å²) >= 11 is 0. The SMILES string of the molecule is CC(=O)Nc1ccc(-c2oc(-c3ccc(C(C)(C)C)cc3)nc2C(=O)Nc2cc(C)on2)cc1. The first-order valence-electron chi connectivity index (χ1n) is 10.8. The number of aryl methyl sites for hydroxylation is 1. The van der Waals surface area contributed by atoms with E-state index in [0.717, 1.165) is 5.56 Å². The number of hydrogen-bond donors (Lipinski definition) is 2. The zero-order chi connectivity index (χ0) is 24.5. The highest BCUT2D eigenvalue weighted by molar-refractivity contribution is 6.06. The van der Waals surface area contributed by atoms with E-state index in [-0.39, 0.29) is 22.8 Å². The van der Waals surface area contributed by atoms with Crippen LogP contribution in [0.4, 0.5) is 11.5 Å². The molecule has 4 rings (SSSR count). The van der Waals surface area contributed by atoms with Crippen LogP contribution in [-0.2, 0) is 10.2 Å². The van der Waals surface area contributed by atoms with E-state index in [1.54, 1.807) is 37.3 Å². The van der Waals surface area contributed by atoms with Crippen LogP contribution in [0.5, 0.6) is 0 Å². The molecule has 2 N–H and O–H groups in total. The number of nitrogens with one attached hydrogen (secondary N) is 2. The highest BCUT2D eigenvalue weighted by Crippen LogP contribution is 2.32. The summed E-state index contributed by atoms with van der Waals surface area (Å²) in [6, 6.07) is 16.5. The maximum Gasteiger partial charge on any atom is 0.279 e. The van der Waals surface area contributed by atoms with Gasteiger partial charge in [0.05, 0.1) is 0 Å². The van der Waals surface area contributed by atoms with Crippen LogP contribution in [0.2, 0.25) is 0 Å². The Morgan fingerprint density at radius 1 is 0.912 bits per heavy atom. The third-order valence-corrected chi connectivity index (χ3v) is 5.18. The lowest BCUT2D eigenvalue weighted by Crippen LogP contribution is -2.13. The first kappa shape index (κ1) is 23.0. The van der Waals surface area contributed by atoms with E-state index in [0.29, 0.717) is 28.7 Å². The second-order valence-corrected chi connectivity index (χ2v) is 9.06. The minimum atomic E-state index is -0.476. The number of anilines is 2. The summed E-state index contributed by atoms with van der Waals surface area (Å²) in [5.41, 5.74) is 3.33. The molecule has 0 aliphatic carbocycles. The number of amides is 2. The van der Waals surface area contributed by atoms with Crippen LogP contribution in [0.25, 0.3) is 22.8 Å². The average molecular weight is 459 g/mol. The Bertz CT molecular complexity index is 1330. The number of carbonyl (C=O) groups excluding carboxylic acids is 2. The smallest absolute Gasteiger partial charge is 0.279 e. The molecule has 2 heterocycles. The first-order valence-corrected chi connectivity index (χ1v) is 10.8. The Hall–Kier alpha value is -4.20. The Labute approximate surface area is 197 Å². The third kappa shape index (κ3) is 5.06. The van der Waals surface area contributed by atoms with E-state index in [4.69, 9.17) is 8.94 Å². The van der Waals surface area contributed by atoms with Crippen LogP contribution < -0.4 is 10.6 Å². The van der Waals surface area contributed by atoms with Gasteiger partial charge in [0.15, 0.2) is 17.3 Å². The van der Waals surface area contributed by atoms with E-state index in [9.17, 15) is 9.59 Å². The molecule has 174 valence electrons. The van der Waals surface area contributed by atoms with Crippen molar-refractivity contribution in [3.8, 4) is 22.8 Å². The number of rotatable bonds is 5. The summed E-state index contributed by atoms with van der Waals surface area (Å²) in [6.45, 7) is 9.60. The van der Waals surface area contributed by atoms with Crippen molar-refractivity contribution in [2.75, 3.05) is 10.6 Å². The van der Waals surface area contributed by atoms with Gasteiger partial charge in [-0.2, -0.15) is 0 Å². The van der Waals surface area contributed by atoms with Gasteiger partial charge in [-0.3, -0.25) is 9.59 Å². The molecule has 0 saturated heterocycles. The van der Waals surface area contributed by atoms with Gasteiger partial charge in [0.1, 0.15) is 5.76 Å². The number of nitrogens with zero attached hydrogens (tertiary/aromatic N) is 2. The molecule has 0 atom stereocenters. The molecule has 34 heavy (non-hydrogen) atoms. The van der Waals surface area contributed by atoms with Gasteiger partial charge in [-0.1, -0.05) is 38.1 Å². The van der Waals surface area contributed by atoms with Gasteiger partial charge in [0.25, 0.3) is 5.91 Å². The lowest BCUT2D eigenvalue weighted by atomic mass is 9.87. The molecule has 0 bridgehead atoms. The standard InChI is InChI=1S/C26H26N4O4/c1-15-14-21(30-34-15)28-24(32)22-23(17-8-12-20(13-9-17)27-16(2)31)33-25(29-22)18-6-10-19(11-7-18)26(3,4)5/h6-14H,1-5H3,(H,27,31)(H,28,30,32). The zero-order valence-electron chi connectivity index (χ0n) is 19.7. The monoisotopic (exact) mass is 458 g/mol. The molecule has 0 fully saturated rings. The Balaban J connectivity index is 1.73. The van der Waals surface area contributed by atoms with Gasteiger partial charge in [-0.25, -0.2) is 4.98 Å². The van der Waals surface area contributed by atoms with Crippen LogP contribution in [-0.4, -0.2) is 22.0 Å². The molecule has 0 saturated carbocycles. The number of aromatic nitrogens is 2. The van der Waals surface area contributed by atoms with Crippen molar-refractivity contribution >= 4 is 23.3 Å². The molecule has 0 aliphatic rings. The van der Waals surface area contributed by atoms with Gasteiger partial charge < -0.3 is 19.6 Å². The number of benzene rings is 2. The molecule has 2 amide bonds. The summed E-state index contributed by atoms with van der Waals surface area (Å²) in [7, 11) is 0. The molecule has 0 unspecified atom stereocenters. The highest BCUT2D eigenvalue weighted by Gasteiger charge is 2.24. The molecule has 2 aromatic heterocycles. The number of hydrogen-bond acceptors (Lipinski definition) is 6. The van der Waals surface area contributed by atoms with Crippen molar-refractivity contribution in [3.63, 3.8) is 0 Å². The quantitative estimate of drug-likeness (QED) is 0.390. The number of carbonyl (C=O) groups is 2. The van der Waals surface area contributed by atoms with Crippen LogP contribution in [0.1, 0.15) is 49.5 Å². The second kappa shape index (κ2) is 8.97.